The number of nitrogens with one attached hydrogen (secondary N) is 4. The van der Waals surface area contributed by atoms with Crippen LogP contribution in [0.2, 0.25) is 0 Å². The molecule has 5 nitrogen and oxygen atoms in total. The number of anilines is 3. The summed E-state index contributed by atoms with van der Waals surface area (Å²) in [6, 6.07) is 7.52. The van der Waals surface area contributed by atoms with Crippen molar-refractivity contribution in [3.05, 3.63) is 65.9 Å². The molecule has 0 saturated heterocycles. The second kappa shape index (κ2) is 8.94. The molecule has 1 fully saturated rings. The lowest BCUT2D eigenvalue weighted by molar-refractivity contribution is 0.296. The molecule has 0 aliphatic heterocycles. The number of pyridine rings is 1. The van der Waals surface area contributed by atoms with Crippen LogP contribution in [0.25, 0.3) is 17.3 Å². The molecule has 1 aliphatic rings. The topological polar surface area (TPSA) is 64.8 Å². The van der Waals surface area contributed by atoms with Crippen LogP contribution in [-0.2, 0) is 6.42 Å². The van der Waals surface area contributed by atoms with Crippen molar-refractivity contribution >= 4 is 23.1 Å². The monoisotopic (exact) mass is 419 g/mol. The molecule has 2 unspecified atom stereocenters. The molecule has 1 aliphatic carbocycles. The summed E-state index contributed by atoms with van der Waals surface area (Å²) in [6.07, 6.45) is 8.75. The van der Waals surface area contributed by atoms with E-state index in [1.165, 1.54) is 11.8 Å². The van der Waals surface area contributed by atoms with Crippen LogP contribution in [0.5, 0.6) is 0 Å². The van der Waals surface area contributed by atoms with Crippen molar-refractivity contribution in [3.63, 3.8) is 0 Å². The minimum absolute atomic E-state index is 0.294. The van der Waals surface area contributed by atoms with Crippen molar-refractivity contribution in [3.8, 4) is 11.3 Å². The Balaban J connectivity index is 1.91. The molecule has 3 aromatic rings. The standard InChI is InChI=1S/C25H30FN5/c1-5-15-14-29-13-12-17(15)24-23(30-21-9-7-8-19(26)25(21)28-4)16(6-2)22(31-24)18-10-11-20(18)27-3/h6-9,12-14,18,20,27-28,30-31H,2,5,10-11H2,1,3-4H3. The quantitative estimate of drug-likeness (QED) is 0.380. The Kier molecular flexibility index (Phi) is 6.09. The van der Waals surface area contributed by atoms with Crippen molar-refractivity contribution in [2.75, 3.05) is 24.7 Å². The highest BCUT2D eigenvalue weighted by molar-refractivity contribution is 5.90. The van der Waals surface area contributed by atoms with Crippen LogP contribution in [0.15, 0.2) is 43.2 Å². The summed E-state index contributed by atoms with van der Waals surface area (Å²) in [5, 5.41) is 9.91. The van der Waals surface area contributed by atoms with Crippen molar-refractivity contribution < 1.29 is 4.39 Å². The van der Waals surface area contributed by atoms with Crippen LogP contribution >= 0.6 is 0 Å². The van der Waals surface area contributed by atoms with Crippen LogP contribution in [0.3, 0.4) is 0 Å². The van der Waals surface area contributed by atoms with Gasteiger partial charge in [-0.3, -0.25) is 4.98 Å². The average Bonchev–Trinajstić information content (AvgIpc) is 3.10. The Morgan fingerprint density at radius 2 is 2.06 bits per heavy atom. The van der Waals surface area contributed by atoms with Crippen LogP contribution in [0, 0.1) is 5.82 Å². The van der Waals surface area contributed by atoms with Crippen molar-refractivity contribution in [1.82, 2.24) is 15.3 Å². The van der Waals surface area contributed by atoms with E-state index in [-0.39, 0.29) is 5.82 Å². The zero-order valence-corrected chi connectivity index (χ0v) is 18.3. The Bertz CT molecular complexity index is 1090. The molecule has 0 bridgehead atoms. The van der Waals surface area contributed by atoms with Gasteiger partial charge in [-0.25, -0.2) is 4.39 Å². The first kappa shape index (κ1) is 21.1. The number of halogens is 1. The van der Waals surface area contributed by atoms with Gasteiger partial charge in [-0.05, 0) is 50.1 Å². The molecule has 2 aromatic heterocycles. The maximum absolute atomic E-state index is 14.4. The van der Waals surface area contributed by atoms with E-state index < -0.39 is 0 Å². The van der Waals surface area contributed by atoms with E-state index in [0.29, 0.717) is 23.3 Å². The smallest absolute Gasteiger partial charge is 0.148 e. The van der Waals surface area contributed by atoms with Crippen LogP contribution in [-0.4, -0.2) is 30.1 Å². The third-order valence-corrected chi connectivity index (χ3v) is 6.37. The van der Waals surface area contributed by atoms with E-state index in [1.54, 1.807) is 13.1 Å². The molecule has 162 valence electrons. The Morgan fingerprint density at radius 3 is 2.71 bits per heavy atom. The van der Waals surface area contributed by atoms with Gasteiger partial charge in [-0.15, -0.1) is 0 Å². The summed E-state index contributed by atoms with van der Waals surface area (Å²) in [7, 11) is 3.74. The number of benzene rings is 1. The summed E-state index contributed by atoms with van der Waals surface area (Å²) in [4.78, 5) is 8.02. The highest BCUT2D eigenvalue weighted by Gasteiger charge is 2.35. The normalized spacial score (nSPS) is 17.8. The van der Waals surface area contributed by atoms with E-state index in [4.69, 9.17) is 0 Å². The van der Waals surface area contributed by atoms with E-state index in [9.17, 15) is 4.39 Å². The molecule has 4 rings (SSSR count). The number of aromatic nitrogens is 2. The molecule has 0 amide bonds. The zero-order chi connectivity index (χ0) is 22.0. The van der Waals surface area contributed by atoms with E-state index >= 15 is 0 Å². The van der Waals surface area contributed by atoms with Gasteiger partial charge in [0.05, 0.1) is 22.8 Å². The molecule has 2 heterocycles. The number of aromatic amines is 1. The highest BCUT2D eigenvalue weighted by atomic mass is 19.1. The minimum Gasteiger partial charge on any atom is -0.384 e. The summed E-state index contributed by atoms with van der Waals surface area (Å²) in [5.41, 5.74) is 7.46. The first-order valence-electron chi connectivity index (χ1n) is 10.8. The first-order valence-corrected chi connectivity index (χ1v) is 10.8. The Morgan fingerprint density at radius 1 is 1.23 bits per heavy atom. The molecule has 0 spiro atoms. The fourth-order valence-electron chi connectivity index (χ4n) is 4.53. The van der Waals surface area contributed by atoms with Gasteiger partial charge in [0.2, 0.25) is 0 Å². The van der Waals surface area contributed by atoms with Gasteiger partial charge in [-0.1, -0.05) is 25.6 Å². The van der Waals surface area contributed by atoms with Gasteiger partial charge in [0.25, 0.3) is 0 Å². The van der Waals surface area contributed by atoms with Gasteiger partial charge < -0.3 is 20.9 Å². The summed E-state index contributed by atoms with van der Waals surface area (Å²) < 4.78 is 14.4. The Labute approximate surface area is 183 Å². The van der Waals surface area contributed by atoms with Crippen LogP contribution in [0.4, 0.5) is 21.5 Å². The van der Waals surface area contributed by atoms with Gasteiger partial charge in [0.1, 0.15) is 5.82 Å². The number of nitrogens with zero attached hydrogens (tertiary/aromatic N) is 1. The van der Waals surface area contributed by atoms with Crippen molar-refractivity contribution in [2.24, 2.45) is 0 Å². The van der Waals surface area contributed by atoms with Crippen molar-refractivity contribution in [1.29, 1.82) is 0 Å². The number of H-pyrrole nitrogens is 1. The number of rotatable bonds is 8. The number of likely N-dealkylation sites (N-methyl/N-ethyl adjacent to an activating group) is 1. The molecule has 1 aromatic carbocycles. The summed E-state index contributed by atoms with van der Waals surface area (Å²) >= 11 is 0. The second-order valence-corrected chi connectivity index (χ2v) is 7.91. The average molecular weight is 420 g/mol. The predicted octanol–water partition coefficient (Wildman–Crippen LogP) is 5.67. The fourth-order valence-corrected chi connectivity index (χ4v) is 4.53. The predicted molar refractivity (Wildman–Crippen MR) is 128 cm³/mol. The maximum atomic E-state index is 14.4. The van der Waals surface area contributed by atoms with Gasteiger partial charge in [0.15, 0.2) is 0 Å². The van der Waals surface area contributed by atoms with E-state index in [2.05, 4.69) is 39.4 Å². The lowest BCUT2D eigenvalue weighted by Gasteiger charge is -2.36. The molecule has 0 radical (unpaired) electrons. The van der Waals surface area contributed by atoms with E-state index in [1.807, 2.05) is 37.7 Å². The fraction of sp³-hybridized carbons (Fsp3) is 0.320. The number of para-hydroxylation sites is 1. The maximum Gasteiger partial charge on any atom is 0.148 e. The molecule has 4 N–H and O–H groups in total. The number of hydrogen-bond donors (Lipinski definition) is 4. The zero-order valence-electron chi connectivity index (χ0n) is 18.3. The highest BCUT2D eigenvalue weighted by Crippen LogP contribution is 2.45. The summed E-state index contributed by atoms with van der Waals surface area (Å²) in [5.74, 6) is 0.0906. The molecule has 1 saturated carbocycles. The molecule has 31 heavy (non-hydrogen) atoms. The van der Waals surface area contributed by atoms with E-state index in [0.717, 1.165) is 47.3 Å². The second-order valence-electron chi connectivity index (χ2n) is 7.91. The SMILES string of the molecule is C=Cc1c(C2CCC2NC)[nH]c(-c2ccncc2CC)c1Nc1cccc(F)c1NC. The van der Waals surface area contributed by atoms with Gasteiger partial charge in [-0.2, -0.15) is 0 Å². The lowest BCUT2D eigenvalue weighted by Crippen LogP contribution is -2.40. The third-order valence-electron chi connectivity index (χ3n) is 6.37. The van der Waals surface area contributed by atoms with Gasteiger partial charge in [0, 0.05) is 48.2 Å². The first-order chi connectivity index (χ1) is 15.1. The number of hydrogen-bond acceptors (Lipinski definition) is 4. The Hall–Kier alpha value is -3.12. The van der Waals surface area contributed by atoms with Crippen LogP contribution in [0.1, 0.15) is 42.5 Å². The number of aryl methyl sites for hydroxylation is 1. The van der Waals surface area contributed by atoms with Crippen molar-refractivity contribution in [2.45, 2.75) is 38.1 Å². The molecule has 6 heteroatoms. The third kappa shape index (κ3) is 3.72. The van der Waals surface area contributed by atoms with Crippen LogP contribution < -0.4 is 16.0 Å². The van der Waals surface area contributed by atoms with Gasteiger partial charge >= 0.3 is 0 Å². The molecular formula is C25H30FN5. The minimum atomic E-state index is -0.294. The summed E-state index contributed by atoms with van der Waals surface area (Å²) in [6.45, 7) is 6.24. The molecular weight excluding hydrogens is 389 g/mol. The largest absolute Gasteiger partial charge is 0.384 e. The lowest BCUT2D eigenvalue weighted by atomic mass is 9.76. The molecule has 2 atom stereocenters.